The summed E-state index contributed by atoms with van der Waals surface area (Å²) in [5, 5.41) is 6.08. The van der Waals surface area contributed by atoms with Crippen LogP contribution >= 0.6 is 0 Å². The minimum atomic E-state index is -0.785. The molecular formula is C15H19N3O2. The van der Waals surface area contributed by atoms with Gasteiger partial charge in [0.15, 0.2) is 0 Å². The molecule has 0 aliphatic carbocycles. The van der Waals surface area contributed by atoms with E-state index in [-0.39, 0.29) is 17.7 Å². The third kappa shape index (κ3) is 1.85. The zero-order chi connectivity index (χ0) is 14.3. The number of hydrogen-bond donors (Lipinski definition) is 2. The van der Waals surface area contributed by atoms with Gasteiger partial charge >= 0.3 is 0 Å². The molecule has 1 fully saturated rings. The second-order valence-corrected chi connectivity index (χ2v) is 5.83. The van der Waals surface area contributed by atoms with Crippen molar-refractivity contribution < 1.29 is 9.59 Å². The van der Waals surface area contributed by atoms with Crippen molar-refractivity contribution in [3.63, 3.8) is 0 Å². The lowest BCUT2D eigenvalue weighted by Crippen LogP contribution is -2.64. The molecule has 1 atom stereocenters. The Bertz CT molecular complexity index is 568. The predicted molar refractivity (Wildman–Crippen MR) is 76.5 cm³/mol. The highest BCUT2D eigenvalue weighted by molar-refractivity contribution is 5.95. The standard InChI is InChI=1S/C15H19N3O2/c1-15(2)14(20)16-7-8-18(15)13(19)11-9-17-12-6-4-3-5-10(11)12/h3-6,11,17H,7-9H2,1-2H3,(H,16,20). The normalized spacial score (nSPS) is 23.8. The molecule has 0 aromatic heterocycles. The smallest absolute Gasteiger partial charge is 0.245 e. The molecular weight excluding hydrogens is 254 g/mol. The Morgan fingerprint density at radius 3 is 2.85 bits per heavy atom. The van der Waals surface area contributed by atoms with E-state index in [1.54, 1.807) is 18.7 Å². The van der Waals surface area contributed by atoms with Gasteiger partial charge in [-0.3, -0.25) is 9.59 Å². The molecule has 1 aromatic carbocycles. The quantitative estimate of drug-likeness (QED) is 0.800. The molecule has 1 unspecified atom stereocenters. The van der Waals surface area contributed by atoms with Crippen LogP contribution in [-0.4, -0.2) is 41.9 Å². The highest BCUT2D eigenvalue weighted by atomic mass is 16.2. The number of benzene rings is 1. The Morgan fingerprint density at radius 2 is 2.05 bits per heavy atom. The number of nitrogens with zero attached hydrogens (tertiary/aromatic N) is 1. The largest absolute Gasteiger partial charge is 0.384 e. The fourth-order valence-electron chi connectivity index (χ4n) is 2.98. The number of nitrogens with one attached hydrogen (secondary N) is 2. The van der Waals surface area contributed by atoms with E-state index in [4.69, 9.17) is 0 Å². The van der Waals surface area contributed by atoms with Crippen LogP contribution in [0.1, 0.15) is 25.3 Å². The molecule has 5 nitrogen and oxygen atoms in total. The maximum Gasteiger partial charge on any atom is 0.245 e. The molecule has 3 rings (SSSR count). The molecule has 2 heterocycles. The monoisotopic (exact) mass is 273 g/mol. The summed E-state index contributed by atoms with van der Waals surface area (Å²) in [6.07, 6.45) is 0. The van der Waals surface area contributed by atoms with Crippen LogP contribution in [0.25, 0.3) is 0 Å². The number of para-hydroxylation sites is 1. The van der Waals surface area contributed by atoms with E-state index in [0.717, 1.165) is 11.3 Å². The summed E-state index contributed by atoms with van der Waals surface area (Å²) in [7, 11) is 0. The molecule has 2 amide bonds. The van der Waals surface area contributed by atoms with Crippen molar-refractivity contribution >= 4 is 17.5 Å². The number of carbonyl (C=O) groups excluding carboxylic acids is 2. The summed E-state index contributed by atoms with van der Waals surface area (Å²) in [5.41, 5.74) is 1.26. The summed E-state index contributed by atoms with van der Waals surface area (Å²) in [6.45, 7) is 5.29. The van der Waals surface area contributed by atoms with Crippen LogP contribution in [0.15, 0.2) is 24.3 Å². The lowest BCUT2D eigenvalue weighted by molar-refractivity contribution is -0.149. The number of piperazine rings is 1. The number of hydrogen-bond acceptors (Lipinski definition) is 3. The van der Waals surface area contributed by atoms with Gasteiger partial charge in [0, 0.05) is 25.3 Å². The molecule has 5 heteroatoms. The number of anilines is 1. The van der Waals surface area contributed by atoms with Gasteiger partial charge in [0.25, 0.3) is 0 Å². The van der Waals surface area contributed by atoms with Gasteiger partial charge < -0.3 is 15.5 Å². The highest BCUT2D eigenvalue weighted by Crippen LogP contribution is 2.34. The van der Waals surface area contributed by atoms with Gasteiger partial charge in [0.1, 0.15) is 5.54 Å². The summed E-state index contributed by atoms with van der Waals surface area (Å²) < 4.78 is 0. The van der Waals surface area contributed by atoms with Crippen molar-refractivity contribution in [2.75, 3.05) is 25.0 Å². The van der Waals surface area contributed by atoms with Gasteiger partial charge in [0.05, 0.1) is 5.92 Å². The lowest BCUT2D eigenvalue weighted by atomic mass is 9.93. The van der Waals surface area contributed by atoms with Gasteiger partial charge in [-0.15, -0.1) is 0 Å². The number of rotatable bonds is 1. The van der Waals surface area contributed by atoms with Crippen LogP contribution < -0.4 is 10.6 Å². The fourth-order valence-corrected chi connectivity index (χ4v) is 2.98. The molecule has 20 heavy (non-hydrogen) atoms. The van der Waals surface area contributed by atoms with Gasteiger partial charge in [-0.1, -0.05) is 18.2 Å². The van der Waals surface area contributed by atoms with Crippen LogP contribution in [-0.2, 0) is 9.59 Å². The van der Waals surface area contributed by atoms with E-state index in [1.165, 1.54) is 0 Å². The number of fused-ring (bicyclic) bond motifs is 1. The topological polar surface area (TPSA) is 61.4 Å². The zero-order valence-corrected chi connectivity index (χ0v) is 11.8. The summed E-state index contributed by atoms with van der Waals surface area (Å²) in [5.74, 6) is -0.255. The van der Waals surface area contributed by atoms with Crippen molar-refractivity contribution in [3.8, 4) is 0 Å². The van der Waals surface area contributed by atoms with E-state index in [0.29, 0.717) is 19.6 Å². The molecule has 0 bridgehead atoms. The maximum atomic E-state index is 12.8. The third-order valence-corrected chi connectivity index (χ3v) is 4.25. The predicted octanol–water partition coefficient (Wildman–Crippen LogP) is 0.933. The maximum absolute atomic E-state index is 12.8. The molecule has 1 saturated heterocycles. The van der Waals surface area contributed by atoms with Gasteiger partial charge in [-0.2, -0.15) is 0 Å². The van der Waals surface area contributed by atoms with E-state index in [2.05, 4.69) is 10.6 Å². The van der Waals surface area contributed by atoms with Crippen LogP contribution in [0.4, 0.5) is 5.69 Å². The molecule has 0 radical (unpaired) electrons. The van der Waals surface area contributed by atoms with Gasteiger partial charge in [0.2, 0.25) is 11.8 Å². The molecule has 0 saturated carbocycles. The molecule has 106 valence electrons. The van der Waals surface area contributed by atoms with Crippen molar-refractivity contribution in [2.24, 2.45) is 0 Å². The SMILES string of the molecule is CC1(C)C(=O)NCCN1C(=O)C1CNc2ccccc21. The van der Waals surface area contributed by atoms with Crippen LogP contribution in [0, 0.1) is 0 Å². The Hall–Kier alpha value is -2.04. The lowest BCUT2D eigenvalue weighted by Gasteiger charge is -2.42. The molecule has 0 spiro atoms. The Labute approximate surface area is 118 Å². The first-order valence-electron chi connectivity index (χ1n) is 6.94. The van der Waals surface area contributed by atoms with Crippen molar-refractivity contribution in [1.82, 2.24) is 10.2 Å². The average molecular weight is 273 g/mol. The summed E-state index contributed by atoms with van der Waals surface area (Å²) in [6, 6.07) is 7.86. The highest BCUT2D eigenvalue weighted by Gasteiger charge is 2.43. The molecule has 2 aliphatic rings. The number of amides is 2. The summed E-state index contributed by atoms with van der Waals surface area (Å²) >= 11 is 0. The third-order valence-electron chi connectivity index (χ3n) is 4.25. The van der Waals surface area contributed by atoms with E-state index >= 15 is 0 Å². The molecule has 1 aromatic rings. The minimum Gasteiger partial charge on any atom is -0.384 e. The number of carbonyl (C=O) groups is 2. The van der Waals surface area contributed by atoms with Crippen molar-refractivity contribution in [1.29, 1.82) is 0 Å². The van der Waals surface area contributed by atoms with Crippen LogP contribution in [0.2, 0.25) is 0 Å². The molecule has 2 aliphatic heterocycles. The summed E-state index contributed by atoms with van der Waals surface area (Å²) in [4.78, 5) is 26.5. The second kappa shape index (κ2) is 4.51. The van der Waals surface area contributed by atoms with E-state index in [9.17, 15) is 9.59 Å². The second-order valence-electron chi connectivity index (χ2n) is 5.83. The van der Waals surface area contributed by atoms with Crippen molar-refractivity contribution in [3.05, 3.63) is 29.8 Å². The first-order chi connectivity index (χ1) is 9.51. The Morgan fingerprint density at radius 1 is 1.30 bits per heavy atom. The zero-order valence-electron chi connectivity index (χ0n) is 11.8. The first kappa shape index (κ1) is 13.0. The molecule has 2 N–H and O–H groups in total. The van der Waals surface area contributed by atoms with Crippen LogP contribution in [0.5, 0.6) is 0 Å². The van der Waals surface area contributed by atoms with Gasteiger partial charge in [-0.25, -0.2) is 0 Å². The van der Waals surface area contributed by atoms with Gasteiger partial charge in [-0.05, 0) is 25.5 Å². The van der Waals surface area contributed by atoms with Crippen molar-refractivity contribution in [2.45, 2.75) is 25.3 Å². The fraction of sp³-hybridized carbons (Fsp3) is 0.467. The average Bonchev–Trinajstić information content (AvgIpc) is 2.85. The Kier molecular flexibility index (Phi) is 2.92. The van der Waals surface area contributed by atoms with E-state index in [1.807, 2.05) is 24.3 Å². The van der Waals surface area contributed by atoms with E-state index < -0.39 is 5.54 Å². The van der Waals surface area contributed by atoms with Crippen LogP contribution in [0.3, 0.4) is 0 Å². The minimum absolute atomic E-state index is 0.0299. The first-order valence-corrected chi connectivity index (χ1v) is 6.94. The Balaban J connectivity index is 1.89.